The zero-order chi connectivity index (χ0) is 14.3. The van der Waals surface area contributed by atoms with E-state index in [1.165, 1.54) is 12.8 Å². The average molecular weight is 335 g/mol. The molecule has 5 heteroatoms. The lowest BCUT2D eigenvalue weighted by atomic mass is 9.84. The van der Waals surface area contributed by atoms with Crippen molar-refractivity contribution < 1.29 is 9.53 Å². The van der Waals surface area contributed by atoms with Gasteiger partial charge < -0.3 is 9.64 Å². The fourth-order valence-electron chi connectivity index (χ4n) is 2.48. The second kappa shape index (κ2) is 8.10. The summed E-state index contributed by atoms with van der Waals surface area (Å²) in [6.45, 7) is 11.4. The van der Waals surface area contributed by atoms with Gasteiger partial charge in [0.05, 0.1) is 6.61 Å². The summed E-state index contributed by atoms with van der Waals surface area (Å²) in [5.74, 6) is 0. The van der Waals surface area contributed by atoms with E-state index < -0.39 is 0 Å². The molecule has 4 nitrogen and oxygen atoms in total. The molecule has 1 aliphatic heterocycles. The van der Waals surface area contributed by atoms with Gasteiger partial charge in [0, 0.05) is 38.1 Å². The number of amides is 1. The molecule has 0 radical (unpaired) electrons. The molecule has 112 valence electrons. The normalized spacial score (nSPS) is 17.6. The smallest absolute Gasteiger partial charge is 0.409 e. The van der Waals surface area contributed by atoms with Crippen molar-refractivity contribution in [2.45, 2.75) is 33.6 Å². The summed E-state index contributed by atoms with van der Waals surface area (Å²) < 4.78 is 5.04. The van der Waals surface area contributed by atoms with Crippen molar-refractivity contribution in [2.75, 3.05) is 44.7 Å². The summed E-state index contributed by atoms with van der Waals surface area (Å²) in [7, 11) is 0. The number of carbonyl (C=O) groups excluding carboxylic acids is 1. The van der Waals surface area contributed by atoms with Crippen LogP contribution < -0.4 is 0 Å². The molecule has 0 unspecified atom stereocenters. The quantitative estimate of drug-likeness (QED) is 0.700. The lowest BCUT2D eigenvalue weighted by Gasteiger charge is -2.40. The second-order valence-electron chi connectivity index (χ2n) is 5.30. The van der Waals surface area contributed by atoms with Gasteiger partial charge in [0.1, 0.15) is 0 Å². The molecule has 0 atom stereocenters. The Labute approximate surface area is 125 Å². The van der Waals surface area contributed by atoms with Crippen molar-refractivity contribution in [3.8, 4) is 0 Å². The third-order valence-corrected chi connectivity index (χ3v) is 5.43. The third-order valence-electron chi connectivity index (χ3n) is 4.24. The van der Waals surface area contributed by atoms with Crippen LogP contribution in [0.5, 0.6) is 0 Å². The van der Waals surface area contributed by atoms with Crippen molar-refractivity contribution >= 4 is 22.0 Å². The number of halogens is 1. The third kappa shape index (κ3) is 4.63. The standard InChI is InChI=1S/C14H27BrN2O2/c1-4-14(5-2,11-15)12-16-7-9-17(10-8-16)13(18)19-6-3/h4-12H2,1-3H3. The summed E-state index contributed by atoms with van der Waals surface area (Å²) in [6, 6.07) is 0. The largest absolute Gasteiger partial charge is 0.450 e. The average Bonchev–Trinajstić information content (AvgIpc) is 2.46. The van der Waals surface area contributed by atoms with E-state index in [-0.39, 0.29) is 6.09 Å². The lowest BCUT2D eigenvalue weighted by Crippen LogP contribution is -2.51. The minimum atomic E-state index is -0.167. The molecule has 0 aromatic rings. The highest BCUT2D eigenvalue weighted by atomic mass is 79.9. The minimum absolute atomic E-state index is 0.167. The van der Waals surface area contributed by atoms with E-state index in [0.29, 0.717) is 12.0 Å². The molecule has 0 aliphatic carbocycles. The monoisotopic (exact) mass is 334 g/mol. The molecule has 1 rings (SSSR count). The van der Waals surface area contributed by atoms with Crippen LogP contribution in [0.4, 0.5) is 4.79 Å². The van der Waals surface area contributed by atoms with Crippen LogP contribution in [-0.2, 0) is 4.74 Å². The number of nitrogens with zero attached hydrogens (tertiary/aromatic N) is 2. The number of hydrogen-bond acceptors (Lipinski definition) is 3. The molecule has 0 bridgehead atoms. The molecule has 1 heterocycles. The first-order chi connectivity index (χ1) is 9.10. The van der Waals surface area contributed by atoms with Crippen LogP contribution in [0.25, 0.3) is 0 Å². The summed E-state index contributed by atoms with van der Waals surface area (Å²) in [4.78, 5) is 15.9. The highest BCUT2D eigenvalue weighted by Gasteiger charge is 2.30. The number of carbonyl (C=O) groups is 1. The Morgan fingerprint density at radius 1 is 1.16 bits per heavy atom. The molecule has 0 N–H and O–H groups in total. The predicted molar refractivity (Wildman–Crippen MR) is 81.8 cm³/mol. The van der Waals surface area contributed by atoms with Crippen molar-refractivity contribution in [3.63, 3.8) is 0 Å². The summed E-state index contributed by atoms with van der Waals surface area (Å²) in [6.07, 6.45) is 2.21. The van der Waals surface area contributed by atoms with Crippen molar-refractivity contribution in [1.82, 2.24) is 9.80 Å². The molecule has 1 saturated heterocycles. The Bertz CT molecular complexity index is 266. The van der Waals surface area contributed by atoms with Gasteiger partial charge in [-0.3, -0.25) is 4.90 Å². The number of piperazine rings is 1. The fraction of sp³-hybridized carbons (Fsp3) is 0.929. The Hall–Kier alpha value is -0.290. The highest BCUT2D eigenvalue weighted by Crippen LogP contribution is 2.30. The van der Waals surface area contributed by atoms with Crippen molar-refractivity contribution in [3.05, 3.63) is 0 Å². The fourth-order valence-corrected chi connectivity index (χ4v) is 3.45. The Balaban J connectivity index is 2.43. The van der Waals surface area contributed by atoms with E-state index in [1.54, 1.807) is 0 Å². The zero-order valence-electron chi connectivity index (χ0n) is 12.5. The van der Waals surface area contributed by atoms with Crippen LogP contribution in [0.2, 0.25) is 0 Å². The van der Waals surface area contributed by atoms with E-state index in [1.807, 2.05) is 11.8 Å². The number of rotatable bonds is 6. The van der Waals surface area contributed by atoms with Crippen LogP contribution in [0, 0.1) is 5.41 Å². The number of ether oxygens (including phenoxy) is 1. The number of alkyl halides is 1. The van der Waals surface area contributed by atoms with Gasteiger partial charge in [0.25, 0.3) is 0 Å². The van der Waals surface area contributed by atoms with E-state index >= 15 is 0 Å². The molecular weight excluding hydrogens is 308 g/mol. The highest BCUT2D eigenvalue weighted by molar-refractivity contribution is 9.09. The predicted octanol–water partition coefficient (Wildman–Crippen LogP) is 2.96. The van der Waals surface area contributed by atoms with E-state index in [2.05, 4.69) is 34.7 Å². The van der Waals surface area contributed by atoms with E-state index in [0.717, 1.165) is 38.1 Å². The van der Waals surface area contributed by atoms with Gasteiger partial charge in [-0.15, -0.1) is 0 Å². The first-order valence-corrected chi connectivity index (χ1v) is 8.43. The molecule has 0 saturated carbocycles. The first kappa shape index (κ1) is 16.8. The Kier molecular flexibility index (Phi) is 7.15. The van der Waals surface area contributed by atoms with Crippen LogP contribution in [0.1, 0.15) is 33.6 Å². The maximum Gasteiger partial charge on any atom is 0.409 e. The van der Waals surface area contributed by atoms with Crippen molar-refractivity contribution in [1.29, 1.82) is 0 Å². The molecule has 1 amide bonds. The number of hydrogen-bond donors (Lipinski definition) is 0. The molecule has 19 heavy (non-hydrogen) atoms. The molecule has 0 aromatic heterocycles. The van der Waals surface area contributed by atoms with Gasteiger partial charge in [-0.05, 0) is 25.2 Å². The zero-order valence-corrected chi connectivity index (χ0v) is 14.0. The van der Waals surface area contributed by atoms with Gasteiger partial charge in [-0.2, -0.15) is 0 Å². The topological polar surface area (TPSA) is 32.8 Å². The van der Waals surface area contributed by atoms with Crippen LogP contribution >= 0.6 is 15.9 Å². The van der Waals surface area contributed by atoms with Gasteiger partial charge >= 0.3 is 6.09 Å². The molecule has 1 aliphatic rings. The van der Waals surface area contributed by atoms with E-state index in [9.17, 15) is 4.79 Å². The van der Waals surface area contributed by atoms with E-state index in [4.69, 9.17) is 4.74 Å². The Morgan fingerprint density at radius 2 is 1.74 bits per heavy atom. The maximum atomic E-state index is 11.6. The van der Waals surface area contributed by atoms with Crippen LogP contribution in [-0.4, -0.2) is 60.6 Å². The molecule has 1 fully saturated rings. The SMILES string of the molecule is CCOC(=O)N1CCN(CC(CC)(CC)CBr)CC1. The van der Waals surface area contributed by atoms with Crippen LogP contribution in [0.3, 0.4) is 0 Å². The van der Waals surface area contributed by atoms with Gasteiger partial charge in [-0.1, -0.05) is 29.8 Å². The first-order valence-electron chi connectivity index (χ1n) is 7.30. The molecular formula is C14H27BrN2O2. The van der Waals surface area contributed by atoms with Crippen molar-refractivity contribution in [2.24, 2.45) is 5.41 Å². The minimum Gasteiger partial charge on any atom is -0.450 e. The lowest BCUT2D eigenvalue weighted by molar-refractivity contribution is 0.0647. The summed E-state index contributed by atoms with van der Waals surface area (Å²) >= 11 is 3.66. The molecule has 0 spiro atoms. The van der Waals surface area contributed by atoms with Crippen LogP contribution in [0.15, 0.2) is 0 Å². The van der Waals surface area contributed by atoms with Gasteiger partial charge in [-0.25, -0.2) is 4.79 Å². The molecule has 0 aromatic carbocycles. The van der Waals surface area contributed by atoms with Gasteiger partial charge in [0.2, 0.25) is 0 Å². The Morgan fingerprint density at radius 3 is 2.16 bits per heavy atom. The van der Waals surface area contributed by atoms with Gasteiger partial charge in [0.15, 0.2) is 0 Å². The summed E-state index contributed by atoms with van der Waals surface area (Å²) in [5, 5.41) is 1.05. The second-order valence-corrected chi connectivity index (χ2v) is 5.86. The maximum absolute atomic E-state index is 11.6. The summed E-state index contributed by atoms with van der Waals surface area (Å²) in [5.41, 5.74) is 0.367.